The van der Waals surface area contributed by atoms with Gasteiger partial charge in [-0.2, -0.15) is 0 Å². The summed E-state index contributed by atoms with van der Waals surface area (Å²) in [5, 5.41) is 5.72. The van der Waals surface area contributed by atoms with E-state index in [1.807, 2.05) is 0 Å². The number of nitrogens with zero attached hydrogens (tertiary/aromatic N) is 1. The largest absolute Gasteiger partial charge is 0.340 e. The molecule has 0 aliphatic carbocycles. The van der Waals surface area contributed by atoms with Crippen molar-refractivity contribution >= 4 is 34.7 Å². The molecule has 0 spiro atoms. The van der Waals surface area contributed by atoms with Gasteiger partial charge in [-0.3, -0.25) is 4.79 Å². The highest BCUT2D eigenvalue weighted by Crippen LogP contribution is 2.22. The van der Waals surface area contributed by atoms with Crippen LogP contribution in [-0.2, 0) is 11.2 Å². The second-order valence-electron chi connectivity index (χ2n) is 5.54. The van der Waals surface area contributed by atoms with Gasteiger partial charge in [-0.05, 0) is 48.0 Å². The van der Waals surface area contributed by atoms with Gasteiger partial charge in [0.1, 0.15) is 17.5 Å². The fraction of sp³-hybridized carbons (Fsp3) is 0.0526. The van der Waals surface area contributed by atoms with Crippen molar-refractivity contribution in [3.8, 4) is 0 Å². The van der Waals surface area contributed by atoms with Crippen LogP contribution in [0.4, 0.5) is 26.0 Å². The molecule has 0 saturated heterocycles. The Morgan fingerprint density at radius 1 is 1.00 bits per heavy atom. The Morgan fingerprint density at radius 3 is 2.38 bits per heavy atom. The minimum Gasteiger partial charge on any atom is -0.340 e. The van der Waals surface area contributed by atoms with Crippen molar-refractivity contribution in [2.45, 2.75) is 6.42 Å². The molecule has 1 heterocycles. The van der Waals surface area contributed by atoms with Crippen molar-refractivity contribution in [2.75, 3.05) is 10.6 Å². The molecule has 26 heavy (non-hydrogen) atoms. The quantitative estimate of drug-likeness (QED) is 0.666. The fourth-order valence-electron chi connectivity index (χ4n) is 2.26. The first-order valence-electron chi connectivity index (χ1n) is 7.72. The monoisotopic (exact) mass is 373 g/mol. The molecule has 2 N–H and O–H groups in total. The Morgan fingerprint density at radius 2 is 1.73 bits per heavy atom. The van der Waals surface area contributed by atoms with Crippen molar-refractivity contribution < 1.29 is 13.6 Å². The summed E-state index contributed by atoms with van der Waals surface area (Å²) in [7, 11) is 0. The van der Waals surface area contributed by atoms with Crippen molar-refractivity contribution in [1.82, 2.24) is 4.98 Å². The van der Waals surface area contributed by atoms with E-state index >= 15 is 0 Å². The van der Waals surface area contributed by atoms with Crippen LogP contribution < -0.4 is 10.6 Å². The van der Waals surface area contributed by atoms with Crippen LogP contribution in [-0.4, -0.2) is 10.9 Å². The molecule has 0 radical (unpaired) electrons. The zero-order chi connectivity index (χ0) is 18.5. The van der Waals surface area contributed by atoms with Crippen LogP contribution in [0.1, 0.15) is 5.56 Å². The Bertz CT molecular complexity index is 915. The Hall–Kier alpha value is -2.99. The van der Waals surface area contributed by atoms with Gasteiger partial charge in [0.25, 0.3) is 0 Å². The van der Waals surface area contributed by atoms with Gasteiger partial charge in [-0.25, -0.2) is 13.8 Å². The molecule has 0 saturated carbocycles. The molecule has 7 heteroatoms. The zero-order valence-electron chi connectivity index (χ0n) is 13.5. The second kappa shape index (κ2) is 7.93. The number of pyridine rings is 1. The van der Waals surface area contributed by atoms with Crippen molar-refractivity contribution in [3.63, 3.8) is 0 Å². The molecule has 1 aromatic heterocycles. The summed E-state index contributed by atoms with van der Waals surface area (Å²) in [6.45, 7) is 0. The summed E-state index contributed by atoms with van der Waals surface area (Å²) < 4.78 is 26.0. The van der Waals surface area contributed by atoms with Gasteiger partial charge in [0, 0.05) is 5.69 Å². The number of halogens is 3. The lowest BCUT2D eigenvalue weighted by Gasteiger charge is -2.08. The maximum absolute atomic E-state index is 13.2. The number of carbonyl (C=O) groups is 1. The third-order valence-electron chi connectivity index (χ3n) is 3.52. The minimum atomic E-state index is -0.496. The molecule has 3 aromatic rings. The smallest absolute Gasteiger partial charge is 0.228 e. The average molecular weight is 374 g/mol. The summed E-state index contributed by atoms with van der Waals surface area (Å²) in [5.41, 5.74) is 1.83. The molecule has 0 unspecified atom stereocenters. The Labute approximate surface area is 153 Å². The molecule has 132 valence electrons. The third-order valence-corrected chi connectivity index (χ3v) is 3.81. The van der Waals surface area contributed by atoms with Gasteiger partial charge >= 0.3 is 0 Å². The summed E-state index contributed by atoms with van der Waals surface area (Å²) in [6.07, 6.45) is 1.63. The number of aromatic nitrogens is 1. The number of carbonyl (C=O) groups excluding carboxylic acids is 1. The first kappa shape index (κ1) is 17.8. The second-order valence-corrected chi connectivity index (χ2v) is 5.94. The molecule has 1 amide bonds. The highest BCUT2D eigenvalue weighted by atomic mass is 35.5. The van der Waals surface area contributed by atoms with Crippen LogP contribution in [0.25, 0.3) is 0 Å². The van der Waals surface area contributed by atoms with Crippen LogP contribution in [0, 0.1) is 11.6 Å². The van der Waals surface area contributed by atoms with E-state index in [0.717, 1.165) is 0 Å². The van der Waals surface area contributed by atoms with Crippen LogP contribution in [0.2, 0.25) is 5.02 Å². The summed E-state index contributed by atoms with van der Waals surface area (Å²) in [5.74, 6) is -0.554. The van der Waals surface area contributed by atoms with E-state index in [-0.39, 0.29) is 23.2 Å². The summed E-state index contributed by atoms with van der Waals surface area (Å²) >= 11 is 5.73. The molecule has 0 fully saturated rings. The lowest BCUT2D eigenvalue weighted by atomic mass is 10.1. The van der Waals surface area contributed by atoms with Crippen molar-refractivity contribution in [2.24, 2.45) is 0 Å². The molecule has 4 nitrogen and oxygen atoms in total. The first-order valence-corrected chi connectivity index (χ1v) is 8.10. The fourth-order valence-corrected chi connectivity index (χ4v) is 2.44. The number of anilines is 3. The van der Waals surface area contributed by atoms with E-state index in [1.54, 1.807) is 30.3 Å². The SMILES string of the molecule is O=C(Cc1ccc(F)cc1)Nc1ccc(Nc2ccc(F)c(Cl)c2)nc1. The van der Waals surface area contributed by atoms with E-state index in [0.29, 0.717) is 22.8 Å². The van der Waals surface area contributed by atoms with E-state index < -0.39 is 5.82 Å². The molecule has 0 atom stereocenters. The Balaban J connectivity index is 1.59. The van der Waals surface area contributed by atoms with Gasteiger partial charge in [0.05, 0.1) is 23.3 Å². The van der Waals surface area contributed by atoms with Crippen molar-refractivity contribution in [1.29, 1.82) is 0 Å². The molecule has 0 aliphatic rings. The molecule has 0 aliphatic heterocycles. The number of nitrogens with one attached hydrogen (secondary N) is 2. The molecular weight excluding hydrogens is 360 g/mol. The number of rotatable bonds is 5. The predicted molar refractivity (Wildman–Crippen MR) is 97.7 cm³/mol. The lowest BCUT2D eigenvalue weighted by Crippen LogP contribution is -2.14. The van der Waals surface area contributed by atoms with Gasteiger partial charge in [0.15, 0.2) is 0 Å². The van der Waals surface area contributed by atoms with Crippen LogP contribution >= 0.6 is 11.6 Å². The van der Waals surface area contributed by atoms with Gasteiger partial charge in [0.2, 0.25) is 5.91 Å². The van der Waals surface area contributed by atoms with E-state index in [4.69, 9.17) is 11.6 Å². The Kier molecular flexibility index (Phi) is 5.43. The predicted octanol–water partition coefficient (Wildman–Crippen LogP) is 4.94. The van der Waals surface area contributed by atoms with Crippen LogP contribution in [0.15, 0.2) is 60.8 Å². The number of hydrogen-bond acceptors (Lipinski definition) is 3. The number of hydrogen-bond donors (Lipinski definition) is 2. The molecule has 2 aromatic carbocycles. The van der Waals surface area contributed by atoms with E-state index in [9.17, 15) is 13.6 Å². The molecule has 0 bridgehead atoms. The van der Waals surface area contributed by atoms with E-state index in [1.165, 1.54) is 30.5 Å². The summed E-state index contributed by atoms with van der Waals surface area (Å²) in [4.78, 5) is 16.2. The van der Waals surface area contributed by atoms with Gasteiger partial charge in [-0.1, -0.05) is 23.7 Å². The highest BCUT2D eigenvalue weighted by Gasteiger charge is 2.06. The van der Waals surface area contributed by atoms with Crippen LogP contribution in [0.5, 0.6) is 0 Å². The molecular formula is C19H14ClF2N3O. The van der Waals surface area contributed by atoms with Gasteiger partial charge < -0.3 is 10.6 Å². The number of amides is 1. The maximum Gasteiger partial charge on any atom is 0.228 e. The topological polar surface area (TPSA) is 54.0 Å². The third kappa shape index (κ3) is 4.77. The highest BCUT2D eigenvalue weighted by molar-refractivity contribution is 6.31. The normalized spacial score (nSPS) is 10.4. The van der Waals surface area contributed by atoms with Gasteiger partial charge in [-0.15, -0.1) is 0 Å². The van der Waals surface area contributed by atoms with Crippen molar-refractivity contribution in [3.05, 3.63) is 83.0 Å². The average Bonchev–Trinajstić information content (AvgIpc) is 2.62. The first-order chi connectivity index (χ1) is 12.5. The maximum atomic E-state index is 13.2. The standard InChI is InChI=1S/C19H14ClF2N3O/c20-16-10-14(5-7-17(16)22)24-18-8-6-15(11-23-18)25-19(26)9-12-1-3-13(21)4-2-12/h1-8,10-11H,9H2,(H,23,24)(H,25,26). The zero-order valence-corrected chi connectivity index (χ0v) is 14.2. The summed E-state index contributed by atoms with van der Waals surface area (Å²) in [6, 6.07) is 13.4. The van der Waals surface area contributed by atoms with E-state index in [2.05, 4.69) is 15.6 Å². The van der Waals surface area contributed by atoms with Crippen LogP contribution in [0.3, 0.4) is 0 Å². The molecule has 3 rings (SSSR count). The lowest BCUT2D eigenvalue weighted by molar-refractivity contribution is -0.115. The minimum absolute atomic E-state index is 0.0136. The number of benzene rings is 2.